The van der Waals surface area contributed by atoms with Gasteiger partial charge in [0.15, 0.2) is 11.7 Å². The fraction of sp³-hybridized carbons (Fsp3) is 0.727. The van der Waals surface area contributed by atoms with Gasteiger partial charge in [0, 0.05) is 5.92 Å². The fourth-order valence-electron chi connectivity index (χ4n) is 5.38. The van der Waals surface area contributed by atoms with E-state index in [-0.39, 0.29) is 17.6 Å². The molecule has 3 fully saturated rings. The number of ketones is 1. The van der Waals surface area contributed by atoms with Crippen LogP contribution in [0.25, 0.3) is 0 Å². The van der Waals surface area contributed by atoms with Gasteiger partial charge >= 0.3 is 5.97 Å². The van der Waals surface area contributed by atoms with E-state index in [1.54, 1.807) is 6.08 Å². The third-order valence-electron chi connectivity index (χ3n) is 7.05. The zero-order chi connectivity index (χ0) is 22.0. The second-order valence-corrected chi connectivity index (χ2v) is 9.36. The average Bonchev–Trinajstić information content (AvgIpc) is 3.39. The third-order valence-corrected chi connectivity index (χ3v) is 7.05. The van der Waals surface area contributed by atoms with E-state index < -0.39 is 42.0 Å². The van der Waals surface area contributed by atoms with E-state index in [9.17, 15) is 19.8 Å². The van der Waals surface area contributed by atoms with Crippen molar-refractivity contribution in [2.24, 2.45) is 11.8 Å². The summed E-state index contributed by atoms with van der Waals surface area (Å²) in [6.45, 7) is 8.14. The van der Waals surface area contributed by atoms with Gasteiger partial charge in [-0.05, 0) is 52.0 Å². The van der Waals surface area contributed by atoms with Crippen LogP contribution in [0.3, 0.4) is 0 Å². The Morgan fingerprint density at radius 2 is 2.03 bits per heavy atom. The minimum atomic E-state index is -1.87. The molecule has 3 heterocycles. The van der Waals surface area contributed by atoms with Gasteiger partial charge in [-0.25, -0.2) is 4.79 Å². The standard InChI is InChI=1S/C22H30O8/c1-10-6-7-13-12(8-10)15(29-21(13,3)4)11(2)9-14(23)22-17(24)20(26)28-16(18(22)30-22)19(25)27-5/h8-9,12-16,18,20,23,26H,6-7H2,1-5H3/b11-9-/t12-,13+,14-,15+,16-,18-,20-,22+/m1/s1. The van der Waals surface area contributed by atoms with Crippen LogP contribution in [0.2, 0.25) is 0 Å². The molecule has 2 N–H and O–H groups in total. The van der Waals surface area contributed by atoms with Crippen LogP contribution in [0.5, 0.6) is 0 Å². The number of epoxide rings is 1. The highest BCUT2D eigenvalue weighted by atomic mass is 16.7. The Labute approximate surface area is 175 Å². The molecule has 166 valence electrons. The number of Topliss-reactive ketones (excluding diaryl/α,β-unsaturated/α-hetero) is 1. The van der Waals surface area contributed by atoms with Crippen LogP contribution in [0.4, 0.5) is 0 Å². The predicted octanol–water partition coefficient (Wildman–Crippen LogP) is 1.04. The molecule has 0 unspecified atom stereocenters. The maximum Gasteiger partial charge on any atom is 0.338 e. The molecule has 0 spiro atoms. The van der Waals surface area contributed by atoms with Crippen LogP contribution in [0.15, 0.2) is 23.3 Å². The van der Waals surface area contributed by atoms with Gasteiger partial charge in [-0.3, -0.25) is 4.79 Å². The van der Waals surface area contributed by atoms with Crippen molar-refractivity contribution in [3.8, 4) is 0 Å². The highest BCUT2D eigenvalue weighted by Gasteiger charge is 2.75. The van der Waals surface area contributed by atoms with Crippen molar-refractivity contribution in [3.63, 3.8) is 0 Å². The summed E-state index contributed by atoms with van der Waals surface area (Å²) in [4.78, 5) is 24.5. The molecule has 0 saturated carbocycles. The number of rotatable bonds is 4. The largest absolute Gasteiger partial charge is 0.467 e. The Morgan fingerprint density at radius 1 is 1.33 bits per heavy atom. The molecule has 0 aromatic heterocycles. The van der Waals surface area contributed by atoms with Gasteiger partial charge in [0.05, 0.1) is 18.8 Å². The highest BCUT2D eigenvalue weighted by Crippen LogP contribution is 2.51. The van der Waals surface area contributed by atoms with Crippen LogP contribution >= 0.6 is 0 Å². The first-order valence-electron chi connectivity index (χ1n) is 10.4. The maximum absolute atomic E-state index is 12.6. The van der Waals surface area contributed by atoms with Gasteiger partial charge in [0.25, 0.3) is 0 Å². The van der Waals surface area contributed by atoms with Crippen molar-refractivity contribution in [2.45, 2.75) is 82.4 Å². The summed E-state index contributed by atoms with van der Waals surface area (Å²) < 4.78 is 21.6. The molecule has 0 aromatic rings. The Balaban J connectivity index is 1.59. The van der Waals surface area contributed by atoms with Gasteiger partial charge < -0.3 is 29.2 Å². The number of esters is 1. The second-order valence-electron chi connectivity index (χ2n) is 9.36. The molecule has 30 heavy (non-hydrogen) atoms. The van der Waals surface area contributed by atoms with Gasteiger partial charge in [0.2, 0.25) is 12.1 Å². The molecule has 0 amide bonds. The molecule has 1 aliphatic carbocycles. The molecule has 8 atom stereocenters. The van der Waals surface area contributed by atoms with Crippen molar-refractivity contribution in [1.29, 1.82) is 0 Å². The number of hydrogen-bond acceptors (Lipinski definition) is 8. The van der Waals surface area contributed by atoms with E-state index in [4.69, 9.17) is 14.2 Å². The summed E-state index contributed by atoms with van der Waals surface area (Å²) in [5, 5.41) is 20.9. The third kappa shape index (κ3) is 3.17. The van der Waals surface area contributed by atoms with E-state index in [0.29, 0.717) is 5.92 Å². The Bertz CT molecular complexity index is 814. The number of aliphatic hydroxyl groups excluding tert-OH is 2. The first-order chi connectivity index (χ1) is 14.0. The number of allylic oxidation sites excluding steroid dienone is 1. The van der Waals surface area contributed by atoms with Gasteiger partial charge in [-0.2, -0.15) is 0 Å². The lowest BCUT2D eigenvalue weighted by molar-refractivity contribution is -0.193. The molecule has 3 saturated heterocycles. The summed E-state index contributed by atoms with van der Waals surface area (Å²) in [5.41, 5.74) is 0.0816. The monoisotopic (exact) mass is 422 g/mol. The minimum absolute atomic E-state index is 0.185. The maximum atomic E-state index is 12.6. The van der Waals surface area contributed by atoms with Crippen LogP contribution in [-0.4, -0.2) is 71.0 Å². The number of methoxy groups -OCH3 is 1. The van der Waals surface area contributed by atoms with Gasteiger partial charge in [0.1, 0.15) is 12.2 Å². The smallest absolute Gasteiger partial charge is 0.338 e. The zero-order valence-electron chi connectivity index (χ0n) is 18.0. The summed E-state index contributed by atoms with van der Waals surface area (Å²) in [5.74, 6) is -1.02. The van der Waals surface area contributed by atoms with Crippen LogP contribution in [-0.2, 0) is 28.5 Å². The number of carbonyl (C=O) groups excluding carboxylic acids is 2. The number of aliphatic hydroxyl groups is 2. The lowest BCUT2D eigenvalue weighted by Crippen LogP contribution is -2.55. The number of fused-ring (bicyclic) bond motifs is 2. The van der Waals surface area contributed by atoms with E-state index in [2.05, 4.69) is 31.6 Å². The van der Waals surface area contributed by atoms with Crippen molar-refractivity contribution < 1.29 is 38.7 Å². The predicted molar refractivity (Wildman–Crippen MR) is 104 cm³/mol. The lowest BCUT2D eigenvalue weighted by Gasteiger charge is -2.31. The number of hydrogen-bond donors (Lipinski definition) is 2. The molecule has 0 bridgehead atoms. The van der Waals surface area contributed by atoms with Crippen molar-refractivity contribution >= 4 is 11.8 Å². The topological polar surface area (TPSA) is 115 Å². The van der Waals surface area contributed by atoms with E-state index in [0.717, 1.165) is 18.4 Å². The second kappa shape index (κ2) is 7.24. The van der Waals surface area contributed by atoms with Crippen molar-refractivity contribution in [2.75, 3.05) is 7.11 Å². The van der Waals surface area contributed by atoms with E-state index >= 15 is 0 Å². The van der Waals surface area contributed by atoms with Crippen LogP contribution in [0, 0.1) is 11.8 Å². The summed E-state index contributed by atoms with van der Waals surface area (Å²) in [7, 11) is 1.17. The highest BCUT2D eigenvalue weighted by molar-refractivity contribution is 5.97. The quantitative estimate of drug-likeness (QED) is 0.392. The van der Waals surface area contributed by atoms with E-state index in [1.165, 1.54) is 12.7 Å². The van der Waals surface area contributed by atoms with Crippen LogP contribution in [0.1, 0.15) is 40.5 Å². The molecular weight excluding hydrogens is 392 g/mol. The minimum Gasteiger partial charge on any atom is -0.467 e. The molecule has 8 heteroatoms. The molecule has 4 rings (SSSR count). The molecule has 0 radical (unpaired) electrons. The zero-order valence-corrected chi connectivity index (χ0v) is 18.0. The van der Waals surface area contributed by atoms with Crippen molar-refractivity contribution in [1.82, 2.24) is 0 Å². The van der Waals surface area contributed by atoms with E-state index in [1.807, 2.05) is 6.92 Å². The molecule has 4 aliphatic rings. The fourth-order valence-corrected chi connectivity index (χ4v) is 5.38. The molecule has 0 aromatic carbocycles. The number of ether oxygens (including phenoxy) is 4. The van der Waals surface area contributed by atoms with Crippen LogP contribution < -0.4 is 0 Å². The SMILES string of the molecule is COC(=O)[C@@H]1O[C@@H](O)C(=O)[C@]2([C@H](O)/C=C(/C)[C@@H]3OC(C)(C)[C@H]4CCC(C)=C[C@@H]34)O[C@H]12. The lowest BCUT2D eigenvalue weighted by atomic mass is 9.72. The first-order valence-corrected chi connectivity index (χ1v) is 10.4. The first kappa shape index (κ1) is 21.6. The Morgan fingerprint density at radius 3 is 2.70 bits per heavy atom. The molecular formula is C22H30O8. The Hall–Kier alpha value is -1.58. The average molecular weight is 422 g/mol. The summed E-state index contributed by atoms with van der Waals surface area (Å²) in [6, 6.07) is 0. The summed E-state index contributed by atoms with van der Waals surface area (Å²) >= 11 is 0. The normalized spacial score (nSPS) is 43.4. The Kier molecular flexibility index (Phi) is 5.22. The summed E-state index contributed by atoms with van der Waals surface area (Å²) in [6.07, 6.45) is 0.141. The molecule has 8 nitrogen and oxygen atoms in total. The van der Waals surface area contributed by atoms with Crippen molar-refractivity contribution in [3.05, 3.63) is 23.3 Å². The van der Waals surface area contributed by atoms with Gasteiger partial charge in [-0.1, -0.05) is 17.7 Å². The molecule has 3 aliphatic heterocycles. The van der Waals surface area contributed by atoms with Gasteiger partial charge in [-0.15, -0.1) is 0 Å². The number of carbonyl (C=O) groups is 2.